The predicted molar refractivity (Wildman–Crippen MR) is 96.9 cm³/mol. The number of likely N-dealkylation sites (tertiary alicyclic amines) is 1. The first kappa shape index (κ1) is 18.9. The van der Waals surface area contributed by atoms with Crippen molar-refractivity contribution in [2.75, 3.05) is 19.6 Å². The van der Waals surface area contributed by atoms with Crippen LogP contribution in [-0.4, -0.2) is 51.4 Å². The minimum atomic E-state index is -0.941. The van der Waals surface area contributed by atoms with E-state index in [1.54, 1.807) is 29.3 Å². The molecule has 2 aromatic rings. The van der Waals surface area contributed by atoms with Crippen LogP contribution in [0.3, 0.4) is 0 Å². The Labute approximate surface area is 156 Å². The summed E-state index contributed by atoms with van der Waals surface area (Å²) < 4.78 is 15.0. The number of aromatic nitrogens is 2. The molecule has 2 N–H and O–H groups in total. The van der Waals surface area contributed by atoms with Gasteiger partial charge in [-0.05, 0) is 37.0 Å². The van der Waals surface area contributed by atoms with Gasteiger partial charge in [-0.3, -0.25) is 9.48 Å². The van der Waals surface area contributed by atoms with Crippen molar-refractivity contribution in [1.82, 2.24) is 20.0 Å². The molecule has 7 nitrogen and oxygen atoms in total. The molecule has 1 aliphatic rings. The highest BCUT2D eigenvalue weighted by Crippen LogP contribution is 2.25. The van der Waals surface area contributed by atoms with Crippen LogP contribution in [-0.2, 0) is 17.8 Å². The number of carbonyl (C=O) groups is 2. The van der Waals surface area contributed by atoms with Crippen molar-refractivity contribution in [2.45, 2.75) is 31.7 Å². The number of hydrogen-bond donors (Lipinski definition) is 2. The molecule has 8 heteroatoms. The van der Waals surface area contributed by atoms with Gasteiger partial charge in [-0.15, -0.1) is 0 Å². The number of carbonyl (C=O) groups excluding carboxylic acids is 1. The highest BCUT2D eigenvalue weighted by atomic mass is 19.1. The molecule has 1 atom stereocenters. The van der Waals surface area contributed by atoms with E-state index in [1.165, 1.54) is 10.7 Å². The van der Waals surface area contributed by atoms with E-state index in [0.29, 0.717) is 31.6 Å². The first-order valence-corrected chi connectivity index (χ1v) is 9.04. The number of rotatable bonds is 6. The van der Waals surface area contributed by atoms with Gasteiger partial charge in [-0.25, -0.2) is 9.18 Å². The summed E-state index contributed by atoms with van der Waals surface area (Å²) in [6.45, 7) is 1.40. The van der Waals surface area contributed by atoms with E-state index < -0.39 is 5.97 Å². The van der Waals surface area contributed by atoms with Crippen molar-refractivity contribution in [3.8, 4) is 0 Å². The van der Waals surface area contributed by atoms with Crippen LogP contribution in [0.15, 0.2) is 36.5 Å². The maximum atomic E-state index is 13.6. The Balaban J connectivity index is 1.51. The van der Waals surface area contributed by atoms with E-state index in [4.69, 9.17) is 5.11 Å². The van der Waals surface area contributed by atoms with Gasteiger partial charge in [0.15, 0.2) is 0 Å². The minimum Gasteiger partial charge on any atom is -0.480 e. The Morgan fingerprint density at radius 3 is 2.89 bits per heavy atom. The molecule has 27 heavy (non-hydrogen) atoms. The lowest BCUT2D eigenvalue weighted by Gasteiger charge is -2.32. The number of piperidine rings is 1. The standard InChI is InChI=1S/C19H23FN4O3/c20-16-6-2-1-4-14(16)7-9-21-19(27)23-10-3-5-15(12-23)17-8-11-24(22-17)13-18(25)26/h1-2,4,6,8,11,15H,3,5,7,9-10,12-13H2,(H,21,27)(H,25,26)/t15-/m0/s1. The van der Waals surface area contributed by atoms with E-state index >= 15 is 0 Å². The molecular formula is C19H23FN4O3. The van der Waals surface area contributed by atoms with Gasteiger partial charge >= 0.3 is 12.0 Å². The number of nitrogens with zero attached hydrogens (tertiary/aromatic N) is 3. The highest BCUT2D eigenvalue weighted by molar-refractivity contribution is 5.74. The van der Waals surface area contributed by atoms with Crippen LogP contribution in [0.2, 0.25) is 0 Å². The summed E-state index contributed by atoms with van der Waals surface area (Å²) >= 11 is 0. The number of amides is 2. The second-order valence-electron chi connectivity index (χ2n) is 6.69. The second kappa shape index (κ2) is 8.66. The lowest BCUT2D eigenvalue weighted by molar-refractivity contribution is -0.137. The van der Waals surface area contributed by atoms with Gasteiger partial charge < -0.3 is 15.3 Å². The second-order valence-corrected chi connectivity index (χ2v) is 6.69. The highest BCUT2D eigenvalue weighted by Gasteiger charge is 2.26. The predicted octanol–water partition coefficient (Wildman–Crippen LogP) is 2.24. The SMILES string of the molecule is O=C(O)Cn1ccc([C@H]2CCCN(C(=O)NCCc3ccccc3F)C2)n1. The van der Waals surface area contributed by atoms with Crippen LogP contribution in [0.5, 0.6) is 0 Å². The lowest BCUT2D eigenvalue weighted by Crippen LogP contribution is -2.45. The molecule has 0 aliphatic carbocycles. The Morgan fingerprint density at radius 2 is 2.11 bits per heavy atom. The summed E-state index contributed by atoms with van der Waals surface area (Å²) in [5, 5.41) is 16.0. The summed E-state index contributed by atoms with van der Waals surface area (Å²) in [6, 6.07) is 8.19. The Hall–Kier alpha value is -2.90. The van der Waals surface area contributed by atoms with Crippen molar-refractivity contribution in [1.29, 1.82) is 0 Å². The van der Waals surface area contributed by atoms with Crippen molar-refractivity contribution < 1.29 is 19.1 Å². The quantitative estimate of drug-likeness (QED) is 0.812. The number of carboxylic acid groups (broad SMARTS) is 1. The molecule has 0 unspecified atom stereocenters. The van der Waals surface area contributed by atoms with Gasteiger partial charge in [0.25, 0.3) is 0 Å². The summed E-state index contributed by atoms with van der Waals surface area (Å²) in [6.07, 6.45) is 3.85. The normalized spacial score (nSPS) is 16.9. The molecule has 1 saturated heterocycles. The number of nitrogens with one attached hydrogen (secondary N) is 1. The summed E-state index contributed by atoms with van der Waals surface area (Å²) in [5.41, 5.74) is 1.39. The van der Waals surface area contributed by atoms with Gasteiger partial charge in [-0.1, -0.05) is 18.2 Å². The molecule has 0 radical (unpaired) electrons. The zero-order valence-electron chi connectivity index (χ0n) is 15.0. The first-order chi connectivity index (χ1) is 13.0. The zero-order valence-corrected chi connectivity index (χ0v) is 15.0. The van der Waals surface area contributed by atoms with Gasteiger partial charge in [-0.2, -0.15) is 5.10 Å². The molecule has 1 aromatic heterocycles. The molecule has 2 amide bonds. The van der Waals surface area contributed by atoms with Crippen molar-refractivity contribution in [2.24, 2.45) is 0 Å². The molecule has 1 fully saturated rings. The van der Waals surface area contributed by atoms with E-state index in [9.17, 15) is 14.0 Å². The number of urea groups is 1. The average molecular weight is 374 g/mol. The topological polar surface area (TPSA) is 87.5 Å². The van der Waals surface area contributed by atoms with E-state index in [0.717, 1.165) is 18.5 Å². The third-order valence-electron chi connectivity index (χ3n) is 4.71. The van der Waals surface area contributed by atoms with E-state index in [2.05, 4.69) is 10.4 Å². The number of halogens is 1. The smallest absolute Gasteiger partial charge is 0.325 e. The largest absolute Gasteiger partial charge is 0.480 e. The number of hydrogen-bond acceptors (Lipinski definition) is 3. The molecule has 144 valence electrons. The zero-order chi connectivity index (χ0) is 19.2. The van der Waals surface area contributed by atoms with Gasteiger partial charge in [0.05, 0.1) is 5.69 Å². The molecule has 0 spiro atoms. The van der Waals surface area contributed by atoms with Crippen LogP contribution < -0.4 is 5.32 Å². The number of aliphatic carboxylic acids is 1. The molecule has 0 saturated carbocycles. The third-order valence-corrected chi connectivity index (χ3v) is 4.71. The molecule has 2 heterocycles. The maximum absolute atomic E-state index is 13.6. The molecule has 1 aromatic carbocycles. The maximum Gasteiger partial charge on any atom is 0.325 e. The van der Waals surface area contributed by atoms with Gasteiger partial charge in [0, 0.05) is 31.7 Å². The molecule has 3 rings (SSSR count). The van der Waals surface area contributed by atoms with Crippen LogP contribution in [0.4, 0.5) is 9.18 Å². The van der Waals surface area contributed by atoms with Crippen LogP contribution in [0.1, 0.15) is 30.0 Å². The van der Waals surface area contributed by atoms with E-state index in [-0.39, 0.29) is 24.3 Å². The van der Waals surface area contributed by atoms with Crippen molar-refractivity contribution in [3.63, 3.8) is 0 Å². The fourth-order valence-electron chi connectivity index (χ4n) is 3.34. The van der Waals surface area contributed by atoms with Crippen LogP contribution in [0.25, 0.3) is 0 Å². The monoisotopic (exact) mass is 374 g/mol. The molecule has 0 bridgehead atoms. The van der Waals surface area contributed by atoms with Crippen molar-refractivity contribution >= 4 is 12.0 Å². The van der Waals surface area contributed by atoms with Crippen molar-refractivity contribution in [3.05, 3.63) is 53.6 Å². The Kier molecular flexibility index (Phi) is 6.05. The summed E-state index contributed by atoms with van der Waals surface area (Å²) in [4.78, 5) is 24.9. The molecular weight excluding hydrogens is 351 g/mol. The van der Waals surface area contributed by atoms with Gasteiger partial charge in [0.2, 0.25) is 0 Å². The van der Waals surface area contributed by atoms with Gasteiger partial charge in [0.1, 0.15) is 12.4 Å². The first-order valence-electron chi connectivity index (χ1n) is 9.04. The minimum absolute atomic E-state index is 0.0890. The Bertz CT molecular complexity index is 808. The number of carboxylic acids is 1. The average Bonchev–Trinajstić information content (AvgIpc) is 3.11. The third kappa shape index (κ3) is 5.06. The lowest BCUT2D eigenvalue weighted by atomic mass is 9.95. The van der Waals surface area contributed by atoms with Crippen LogP contribution in [0, 0.1) is 5.82 Å². The fourth-order valence-corrected chi connectivity index (χ4v) is 3.34. The summed E-state index contributed by atoms with van der Waals surface area (Å²) in [5.74, 6) is -1.11. The number of benzene rings is 1. The molecule has 1 aliphatic heterocycles. The summed E-state index contributed by atoms with van der Waals surface area (Å²) in [7, 11) is 0. The Morgan fingerprint density at radius 1 is 1.30 bits per heavy atom. The fraction of sp³-hybridized carbons (Fsp3) is 0.421. The van der Waals surface area contributed by atoms with E-state index in [1.807, 2.05) is 6.07 Å². The van der Waals surface area contributed by atoms with Crippen LogP contribution >= 0.6 is 0 Å².